The zero-order valence-corrected chi connectivity index (χ0v) is 15.3. The Balaban J connectivity index is 1.69. The van der Waals surface area contributed by atoms with Crippen molar-refractivity contribution in [1.82, 2.24) is 15.5 Å². The van der Waals surface area contributed by atoms with Crippen LogP contribution < -0.4 is 5.32 Å². The van der Waals surface area contributed by atoms with Gasteiger partial charge < -0.3 is 14.6 Å². The summed E-state index contributed by atoms with van der Waals surface area (Å²) in [6.07, 6.45) is -4.00. The van der Waals surface area contributed by atoms with Crippen LogP contribution in [0.2, 0.25) is 0 Å². The summed E-state index contributed by atoms with van der Waals surface area (Å²) in [6.45, 7) is 6.07. The average molecular weight is 383 g/mol. The van der Waals surface area contributed by atoms with E-state index in [1.807, 2.05) is 20.8 Å². The van der Waals surface area contributed by atoms with Crippen LogP contribution in [0.4, 0.5) is 13.2 Å². The van der Waals surface area contributed by atoms with Crippen LogP contribution in [0.15, 0.2) is 28.8 Å². The van der Waals surface area contributed by atoms with Crippen molar-refractivity contribution in [2.24, 2.45) is 5.41 Å². The molecule has 146 valence electrons. The van der Waals surface area contributed by atoms with Crippen molar-refractivity contribution < 1.29 is 27.2 Å². The molecule has 0 unspecified atom stereocenters. The van der Waals surface area contributed by atoms with E-state index in [2.05, 4.69) is 20.0 Å². The molecule has 0 aliphatic heterocycles. The van der Waals surface area contributed by atoms with Crippen LogP contribution >= 0.6 is 0 Å². The summed E-state index contributed by atoms with van der Waals surface area (Å²) in [7, 11) is 1.65. The zero-order valence-electron chi connectivity index (χ0n) is 15.3. The molecule has 3 rings (SSSR count). The number of amides is 1. The van der Waals surface area contributed by atoms with E-state index in [-0.39, 0.29) is 28.8 Å². The summed E-state index contributed by atoms with van der Waals surface area (Å²) in [5, 5.41) is 6.30. The van der Waals surface area contributed by atoms with Gasteiger partial charge in [-0.25, -0.2) is 0 Å². The first kappa shape index (κ1) is 19.3. The van der Waals surface area contributed by atoms with Gasteiger partial charge in [-0.05, 0) is 25.5 Å². The van der Waals surface area contributed by atoms with Crippen molar-refractivity contribution >= 4 is 5.91 Å². The van der Waals surface area contributed by atoms with Gasteiger partial charge in [0.05, 0.1) is 5.60 Å². The van der Waals surface area contributed by atoms with E-state index in [4.69, 9.17) is 4.74 Å². The van der Waals surface area contributed by atoms with Crippen molar-refractivity contribution in [3.8, 4) is 11.4 Å². The number of alkyl halides is 3. The fraction of sp³-hybridized carbons (Fsp3) is 0.500. The fourth-order valence-electron chi connectivity index (χ4n) is 3.19. The normalized spacial score (nSPS) is 24.3. The fourth-order valence-corrected chi connectivity index (χ4v) is 3.19. The van der Waals surface area contributed by atoms with E-state index in [9.17, 15) is 18.0 Å². The van der Waals surface area contributed by atoms with Crippen LogP contribution in [0.3, 0.4) is 0 Å². The second-order valence-electron chi connectivity index (χ2n) is 7.39. The first-order valence-electron chi connectivity index (χ1n) is 8.35. The molecule has 1 fully saturated rings. The molecule has 1 heterocycles. The van der Waals surface area contributed by atoms with Crippen molar-refractivity contribution in [1.29, 1.82) is 0 Å². The molecule has 6 nitrogen and oxygen atoms in total. The number of nitrogens with zero attached hydrogens (tertiary/aromatic N) is 2. The lowest BCUT2D eigenvalue weighted by Crippen LogP contribution is -2.68. The van der Waals surface area contributed by atoms with Crippen molar-refractivity contribution in [3.05, 3.63) is 35.7 Å². The topological polar surface area (TPSA) is 77.2 Å². The summed E-state index contributed by atoms with van der Waals surface area (Å²) in [5.74, 6) is -1.86. The van der Waals surface area contributed by atoms with Gasteiger partial charge in [0.15, 0.2) is 0 Å². The van der Waals surface area contributed by atoms with E-state index < -0.39 is 12.1 Å². The number of carbonyl (C=O) groups excluding carboxylic acids is 1. The van der Waals surface area contributed by atoms with Crippen LogP contribution in [0.25, 0.3) is 11.4 Å². The van der Waals surface area contributed by atoms with Gasteiger partial charge in [0.2, 0.25) is 5.82 Å². The van der Waals surface area contributed by atoms with Gasteiger partial charge in [-0.2, -0.15) is 18.2 Å². The van der Waals surface area contributed by atoms with Crippen LogP contribution in [0.1, 0.15) is 43.4 Å². The maximum atomic E-state index is 12.5. The minimum atomic E-state index is -4.70. The van der Waals surface area contributed by atoms with Crippen LogP contribution in [-0.4, -0.2) is 34.8 Å². The summed E-state index contributed by atoms with van der Waals surface area (Å²) in [6, 6.07) is 5.93. The van der Waals surface area contributed by atoms with Gasteiger partial charge in [-0.15, -0.1) is 0 Å². The van der Waals surface area contributed by atoms with Crippen molar-refractivity contribution in [2.75, 3.05) is 7.11 Å². The standard InChI is InChI=1S/C18H20F3N3O3/c1-16(2)12(9-17(16,3)26-4)22-14(25)11-7-5-10(6-8-11)13-23-15(27-24-13)18(19,20)21/h5-8,12H,9H2,1-4H3,(H,22,25)/t12-,17-/m0/s1. The lowest BCUT2D eigenvalue weighted by Gasteiger charge is -2.59. The molecule has 1 aliphatic carbocycles. The third-order valence-corrected chi connectivity index (χ3v) is 5.66. The molecule has 0 radical (unpaired) electrons. The molecule has 1 aromatic heterocycles. The highest BCUT2D eigenvalue weighted by Crippen LogP contribution is 2.51. The van der Waals surface area contributed by atoms with Gasteiger partial charge in [0.1, 0.15) is 0 Å². The van der Waals surface area contributed by atoms with E-state index >= 15 is 0 Å². The highest BCUT2D eigenvalue weighted by molar-refractivity contribution is 5.95. The average Bonchev–Trinajstić information content (AvgIpc) is 3.11. The Hall–Kier alpha value is -2.42. The van der Waals surface area contributed by atoms with E-state index in [1.165, 1.54) is 24.3 Å². The molecule has 0 spiro atoms. The monoisotopic (exact) mass is 383 g/mol. The number of hydrogen-bond donors (Lipinski definition) is 1. The maximum absolute atomic E-state index is 12.5. The SMILES string of the molecule is CO[C@@]1(C)C[C@H](NC(=O)c2ccc(-c3noc(C(F)(F)F)n3)cc2)C1(C)C. The molecule has 9 heteroatoms. The Kier molecular flexibility index (Phi) is 4.54. The summed E-state index contributed by atoms with van der Waals surface area (Å²) in [5.41, 5.74) is 0.182. The number of benzene rings is 1. The quantitative estimate of drug-likeness (QED) is 0.871. The molecule has 1 aromatic carbocycles. The molecule has 1 aliphatic rings. The molecule has 0 bridgehead atoms. The molecule has 2 aromatic rings. The van der Waals surface area contributed by atoms with E-state index in [0.717, 1.165) is 0 Å². The number of methoxy groups -OCH3 is 1. The predicted octanol–water partition coefficient (Wildman–Crippen LogP) is 3.69. The largest absolute Gasteiger partial charge is 0.471 e. The molecule has 2 atom stereocenters. The number of ether oxygens (including phenoxy) is 1. The van der Waals surface area contributed by atoms with Gasteiger partial charge in [0, 0.05) is 29.7 Å². The number of halogens is 3. The Labute approximate surface area is 154 Å². The third kappa shape index (κ3) is 3.31. The van der Waals surface area contributed by atoms with E-state index in [0.29, 0.717) is 17.5 Å². The van der Waals surface area contributed by atoms with Crippen LogP contribution in [0.5, 0.6) is 0 Å². The number of rotatable bonds is 4. The first-order chi connectivity index (χ1) is 12.5. The number of nitrogens with one attached hydrogen (secondary N) is 1. The first-order valence-corrected chi connectivity index (χ1v) is 8.35. The second kappa shape index (κ2) is 6.33. The highest BCUT2D eigenvalue weighted by Gasteiger charge is 2.58. The third-order valence-electron chi connectivity index (χ3n) is 5.66. The second-order valence-corrected chi connectivity index (χ2v) is 7.39. The van der Waals surface area contributed by atoms with Gasteiger partial charge in [0.25, 0.3) is 5.91 Å². The predicted molar refractivity (Wildman–Crippen MR) is 89.8 cm³/mol. The molecule has 1 saturated carbocycles. The number of carbonyl (C=O) groups is 1. The zero-order chi connectivity index (χ0) is 20.0. The van der Waals surface area contributed by atoms with Crippen molar-refractivity contribution in [3.63, 3.8) is 0 Å². The Morgan fingerprint density at radius 2 is 1.89 bits per heavy atom. The minimum Gasteiger partial charge on any atom is -0.378 e. The minimum absolute atomic E-state index is 0.0406. The van der Waals surface area contributed by atoms with Crippen molar-refractivity contribution in [2.45, 2.75) is 45.0 Å². The summed E-state index contributed by atoms with van der Waals surface area (Å²) in [4.78, 5) is 15.8. The van der Waals surface area contributed by atoms with Gasteiger partial charge in [-0.1, -0.05) is 31.1 Å². The van der Waals surface area contributed by atoms with Gasteiger partial charge >= 0.3 is 12.1 Å². The Morgan fingerprint density at radius 1 is 1.26 bits per heavy atom. The Morgan fingerprint density at radius 3 is 2.37 bits per heavy atom. The van der Waals surface area contributed by atoms with Gasteiger partial charge in [-0.3, -0.25) is 4.79 Å². The molecule has 0 saturated heterocycles. The van der Waals surface area contributed by atoms with E-state index in [1.54, 1.807) is 7.11 Å². The lowest BCUT2D eigenvalue weighted by atomic mass is 9.56. The van der Waals surface area contributed by atoms with Crippen LogP contribution in [-0.2, 0) is 10.9 Å². The highest BCUT2D eigenvalue weighted by atomic mass is 19.4. The number of hydrogen-bond acceptors (Lipinski definition) is 5. The molecular formula is C18H20F3N3O3. The maximum Gasteiger partial charge on any atom is 0.471 e. The summed E-state index contributed by atoms with van der Waals surface area (Å²) >= 11 is 0. The molecule has 1 amide bonds. The molecule has 27 heavy (non-hydrogen) atoms. The molecular weight excluding hydrogens is 363 g/mol. The molecule has 1 N–H and O–H groups in total. The van der Waals surface area contributed by atoms with Crippen LogP contribution in [0, 0.1) is 5.41 Å². The summed E-state index contributed by atoms with van der Waals surface area (Å²) < 4.78 is 47.4. The smallest absolute Gasteiger partial charge is 0.378 e. The number of aromatic nitrogens is 2. The Bertz CT molecular complexity index is 846. The lowest BCUT2D eigenvalue weighted by molar-refractivity contribution is -0.177.